The lowest BCUT2D eigenvalue weighted by atomic mass is 10.2. The SMILES string of the molecule is Cc1cc(C#N)nc(N2CCN(S(=O)(=O)c3ccccc3C#N)CC2)n1. The Balaban J connectivity index is 1.80. The van der Waals surface area contributed by atoms with Crippen molar-refractivity contribution in [2.24, 2.45) is 0 Å². The van der Waals surface area contributed by atoms with Crippen molar-refractivity contribution in [1.82, 2.24) is 14.3 Å². The number of benzene rings is 1. The number of hydrogen-bond acceptors (Lipinski definition) is 7. The molecule has 0 bridgehead atoms. The van der Waals surface area contributed by atoms with Gasteiger partial charge in [-0.1, -0.05) is 12.1 Å². The Morgan fingerprint density at radius 3 is 2.38 bits per heavy atom. The first-order valence-corrected chi connectivity index (χ1v) is 9.39. The number of sulfonamides is 1. The summed E-state index contributed by atoms with van der Waals surface area (Å²) in [4.78, 5) is 10.4. The van der Waals surface area contributed by atoms with Gasteiger partial charge in [0.05, 0.1) is 10.5 Å². The zero-order valence-electron chi connectivity index (χ0n) is 14.1. The van der Waals surface area contributed by atoms with Crippen LogP contribution in [0.15, 0.2) is 35.2 Å². The predicted octanol–water partition coefficient (Wildman–Crippen LogP) is 1.04. The molecule has 2 aromatic rings. The summed E-state index contributed by atoms with van der Waals surface area (Å²) in [6.45, 7) is 3.10. The Bertz CT molecular complexity index is 1010. The van der Waals surface area contributed by atoms with Gasteiger partial charge in [-0.2, -0.15) is 14.8 Å². The van der Waals surface area contributed by atoms with Gasteiger partial charge < -0.3 is 4.90 Å². The maximum Gasteiger partial charge on any atom is 0.244 e. The summed E-state index contributed by atoms with van der Waals surface area (Å²) in [5.74, 6) is 0.427. The molecule has 132 valence electrons. The Labute approximate surface area is 152 Å². The van der Waals surface area contributed by atoms with Crippen LogP contribution in [0, 0.1) is 29.6 Å². The van der Waals surface area contributed by atoms with Crippen LogP contribution in [0.2, 0.25) is 0 Å². The Kier molecular flexibility index (Phi) is 4.85. The Morgan fingerprint density at radius 2 is 1.73 bits per heavy atom. The zero-order valence-corrected chi connectivity index (χ0v) is 14.9. The van der Waals surface area contributed by atoms with Gasteiger partial charge in [0.15, 0.2) is 0 Å². The first kappa shape index (κ1) is 17.8. The minimum absolute atomic E-state index is 0.0227. The average Bonchev–Trinajstić information content (AvgIpc) is 2.67. The fourth-order valence-electron chi connectivity index (χ4n) is 2.80. The van der Waals surface area contributed by atoms with Crippen molar-refractivity contribution in [2.45, 2.75) is 11.8 Å². The van der Waals surface area contributed by atoms with E-state index in [0.717, 1.165) is 0 Å². The van der Waals surface area contributed by atoms with Crippen LogP contribution < -0.4 is 4.90 Å². The lowest BCUT2D eigenvalue weighted by Crippen LogP contribution is -2.49. The van der Waals surface area contributed by atoms with Crippen molar-refractivity contribution in [3.8, 4) is 12.1 Å². The third-order valence-electron chi connectivity index (χ3n) is 4.10. The van der Waals surface area contributed by atoms with E-state index in [2.05, 4.69) is 9.97 Å². The van der Waals surface area contributed by atoms with Gasteiger partial charge in [0.25, 0.3) is 0 Å². The normalized spacial score (nSPS) is 15.3. The summed E-state index contributed by atoms with van der Waals surface area (Å²) in [5.41, 5.74) is 1.10. The van der Waals surface area contributed by atoms with E-state index in [1.54, 1.807) is 25.1 Å². The number of anilines is 1. The van der Waals surface area contributed by atoms with E-state index in [0.29, 0.717) is 24.7 Å². The van der Waals surface area contributed by atoms with Gasteiger partial charge in [0.2, 0.25) is 16.0 Å². The van der Waals surface area contributed by atoms with Crippen LogP contribution in [0.3, 0.4) is 0 Å². The van der Waals surface area contributed by atoms with Gasteiger partial charge >= 0.3 is 0 Å². The lowest BCUT2D eigenvalue weighted by molar-refractivity contribution is 0.382. The number of aromatic nitrogens is 2. The minimum atomic E-state index is -3.74. The summed E-state index contributed by atoms with van der Waals surface area (Å²) < 4.78 is 27.1. The monoisotopic (exact) mass is 368 g/mol. The highest BCUT2D eigenvalue weighted by Gasteiger charge is 2.31. The average molecular weight is 368 g/mol. The van der Waals surface area contributed by atoms with Crippen LogP contribution in [0.1, 0.15) is 17.0 Å². The molecule has 1 saturated heterocycles. The fourth-order valence-corrected chi connectivity index (χ4v) is 4.37. The minimum Gasteiger partial charge on any atom is -0.338 e. The van der Waals surface area contributed by atoms with E-state index >= 15 is 0 Å². The number of nitrogens with zero attached hydrogens (tertiary/aromatic N) is 6. The highest BCUT2D eigenvalue weighted by Crippen LogP contribution is 2.22. The molecule has 26 heavy (non-hydrogen) atoms. The van der Waals surface area contributed by atoms with E-state index in [4.69, 9.17) is 10.5 Å². The topological polar surface area (TPSA) is 114 Å². The van der Waals surface area contributed by atoms with Gasteiger partial charge in [-0.05, 0) is 25.1 Å². The van der Waals surface area contributed by atoms with Crippen LogP contribution in [-0.4, -0.2) is 48.9 Å². The summed E-state index contributed by atoms with van der Waals surface area (Å²) >= 11 is 0. The Hall–Kier alpha value is -3.01. The maximum absolute atomic E-state index is 12.8. The maximum atomic E-state index is 12.8. The molecule has 0 radical (unpaired) electrons. The van der Waals surface area contributed by atoms with Gasteiger partial charge in [-0.25, -0.2) is 18.4 Å². The van der Waals surface area contributed by atoms with E-state index in [1.807, 2.05) is 17.0 Å². The molecule has 0 N–H and O–H groups in total. The highest BCUT2D eigenvalue weighted by atomic mass is 32.2. The molecular formula is C17H16N6O2S. The van der Waals surface area contributed by atoms with E-state index in [1.165, 1.54) is 16.4 Å². The predicted molar refractivity (Wildman–Crippen MR) is 93.6 cm³/mol. The first-order valence-electron chi connectivity index (χ1n) is 7.95. The third kappa shape index (κ3) is 3.36. The van der Waals surface area contributed by atoms with Crippen LogP contribution in [0.25, 0.3) is 0 Å². The molecular weight excluding hydrogens is 352 g/mol. The zero-order chi connectivity index (χ0) is 18.7. The number of rotatable bonds is 3. The molecule has 1 fully saturated rings. The van der Waals surface area contributed by atoms with Crippen molar-refractivity contribution < 1.29 is 8.42 Å². The molecule has 0 aliphatic carbocycles. The quantitative estimate of drug-likeness (QED) is 0.795. The number of hydrogen-bond donors (Lipinski definition) is 0. The van der Waals surface area contributed by atoms with Gasteiger partial charge in [0, 0.05) is 31.9 Å². The number of piperazine rings is 1. The highest BCUT2D eigenvalue weighted by molar-refractivity contribution is 7.89. The Morgan fingerprint density at radius 1 is 1.04 bits per heavy atom. The molecule has 0 unspecified atom stereocenters. The molecule has 2 heterocycles. The fraction of sp³-hybridized carbons (Fsp3) is 0.294. The molecule has 0 saturated carbocycles. The van der Waals surface area contributed by atoms with Crippen LogP contribution >= 0.6 is 0 Å². The van der Waals surface area contributed by atoms with Crippen LogP contribution in [0.4, 0.5) is 5.95 Å². The number of nitriles is 2. The van der Waals surface area contributed by atoms with Crippen molar-refractivity contribution in [2.75, 3.05) is 31.1 Å². The second-order valence-corrected chi connectivity index (χ2v) is 7.71. The summed E-state index contributed by atoms with van der Waals surface area (Å²) in [7, 11) is -3.74. The molecule has 1 aromatic heterocycles. The van der Waals surface area contributed by atoms with E-state index in [9.17, 15) is 8.42 Å². The second-order valence-electron chi connectivity index (χ2n) is 5.81. The molecule has 9 heteroatoms. The second kappa shape index (κ2) is 7.08. The van der Waals surface area contributed by atoms with Crippen LogP contribution in [0.5, 0.6) is 0 Å². The van der Waals surface area contributed by atoms with Crippen molar-refractivity contribution in [3.63, 3.8) is 0 Å². The van der Waals surface area contributed by atoms with Crippen molar-refractivity contribution in [1.29, 1.82) is 10.5 Å². The molecule has 0 atom stereocenters. The summed E-state index contributed by atoms with van der Waals surface area (Å²) in [5, 5.41) is 18.2. The van der Waals surface area contributed by atoms with E-state index in [-0.39, 0.29) is 29.2 Å². The summed E-state index contributed by atoms with van der Waals surface area (Å²) in [6.07, 6.45) is 0. The van der Waals surface area contributed by atoms with Crippen molar-refractivity contribution in [3.05, 3.63) is 47.3 Å². The molecule has 8 nitrogen and oxygen atoms in total. The molecule has 1 aliphatic rings. The van der Waals surface area contributed by atoms with Gasteiger partial charge in [-0.3, -0.25) is 0 Å². The molecule has 0 amide bonds. The lowest BCUT2D eigenvalue weighted by Gasteiger charge is -2.34. The largest absolute Gasteiger partial charge is 0.338 e. The first-order chi connectivity index (χ1) is 12.5. The van der Waals surface area contributed by atoms with Gasteiger partial charge in [-0.15, -0.1) is 0 Å². The molecule has 3 rings (SSSR count). The summed E-state index contributed by atoms with van der Waals surface area (Å²) in [6, 6.07) is 11.7. The molecule has 1 aromatic carbocycles. The van der Waals surface area contributed by atoms with Crippen LogP contribution in [-0.2, 0) is 10.0 Å². The van der Waals surface area contributed by atoms with Crippen molar-refractivity contribution >= 4 is 16.0 Å². The molecule has 1 aliphatic heterocycles. The van der Waals surface area contributed by atoms with Gasteiger partial charge in [0.1, 0.15) is 17.8 Å². The standard InChI is InChI=1S/C17H16N6O2S/c1-13-10-15(12-19)21-17(20-13)22-6-8-23(9-7-22)26(24,25)16-5-3-2-4-14(16)11-18/h2-5,10H,6-9H2,1H3. The number of aryl methyl sites for hydroxylation is 1. The van der Waals surface area contributed by atoms with E-state index < -0.39 is 10.0 Å². The smallest absolute Gasteiger partial charge is 0.244 e. The third-order valence-corrected chi connectivity index (χ3v) is 6.06. The molecule has 0 spiro atoms.